The van der Waals surface area contributed by atoms with Crippen LogP contribution < -0.4 is 0 Å². The fourth-order valence-corrected chi connectivity index (χ4v) is 5.00. The Kier molecular flexibility index (Phi) is 8.32. The normalized spacial score (nSPS) is 15.7. The van der Waals surface area contributed by atoms with Gasteiger partial charge in [0.25, 0.3) is 5.91 Å². The first-order chi connectivity index (χ1) is 17.0. The van der Waals surface area contributed by atoms with E-state index >= 15 is 0 Å². The molecule has 1 amide bonds. The Morgan fingerprint density at radius 1 is 0.886 bits per heavy atom. The summed E-state index contributed by atoms with van der Waals surface area (Å²) < 4.78 is 14.2. The average Bonchev–Trinajstić information content (AvgIpc) is 2.88. The third kappa shape index (κ3) is 5.98. The standard InChI is InChI=1S/C30H36FN3O/c1-4-33(5-2)30(35)25-15-13-24(14-16-25)29(26-11-8-9-23(3)21-26)34-19-17-32(18-20-34)22-27-10-6-7-12-28(27)31/h6-16,21,29H,4-5,17-20,22H2,1-3H3/t29-/m1/s1. The summed E-state index contributed by atoms with van der Waals surface area (Å²) in [5, 5.41) is 0. The van der Waals surface area contributed by atoms with Crippen molar-refractivity contribution in [2.24, 2.45) is 0 Å². The number of aryl methyl sites for hydroxylation is 1. The Bertz CT molecular complexity index is 1120. The topological polar surface area (TPSA) is 26.8 Å². The van der Waals surface area contributed by atoms with Gasteiger partial charge in [-0.3, -0.25) is 14.6 Å². The molecule has 35 heavy (non-hydrogen) atoms. The lowest BCUT2D eigenvalue weighted by Crippen LogP contribution is -2.47. The van der Waals surface area contributed by atoms with Crippen molar-refractivity contribution in [2.45, 2.75) is 33.4 Å². The van der Waals surface area contributed by atoms with Crippen molar-refractivity contribution in [1.29, 1.82) is 0 Å². The van der Waals surface area contributed by atoms with Crippen LogP contribution in [0.3, 0.4) is 0 Å². The van der Waals surface area contributed by atoms with Gasteiger partial charge < -0.3 is 4.90 Å². The number of hydrogen-bond acceptors (Lipinski definition) is 3. The van der Waals surface area contributed by atoms with Crippen molar-refractivity contribution in [2.75, 3.05) is 39.3 Å². The van der Waals surface area contributed by atoms with Crippen molar-refractivity contribution >= 4 is 5.91 Å². The molecule has 0 bridgehead atoms. The second-order valence-corrected chi connectivity index (χ2v) is 9.32. The Morgan fingerprint density at radius 2 is 1.57 bits per heavy atom. The summed E-state index contributed by atoms with van der Waals surface area (Å²) in [7, 11) is 0. The van der Waals surface area contributed by atoms with Crippen molar-refractivity contribution in [3.05, 3.63) is 106 Å². The molecule has 1 aliphatic heterocycles. The molecule has 0 saturated carbocycles. The number of hydrogen-bond donors (Lipinski definition) is 0. The Hall–Kier alpha value is -3.02. The maximum absolute atomic E-state index is 14.2. The highest BCUT2D eigenvalue weighted by molar-refractivity contribution is 5.94. The second-order valence-electron chi connectivity index (χ2n) is 9.32. The Morgan fingerprint density at radius 3 is 2.20 bits per heavy atom. The van der Waals surface area contributed by atoms with Gasteiger partial charge in [-0.1, -0.05) is 60.2 Å². The van der Waals surface area contributed by atoms with E-state index in [4.69, 9.17) is 0 Å². The summed E-state index contributed by atoms with van der Waals surface area (Å²) >= 11 is 0. The van der Waals surface area contributed by atoms with Gasteiger partial charge in [0.1, 0.15) is 5.82 Å². The van der Waals surface area contributed by atoms with Crippen LogP contribution in [-0.2, 0) is 6.54 Å². The number of piperazine rings is 1. The molecule has 4 rings (SSSR count). The first-order valence-corrected chi connectivity index (χ1v) is 12.7. The van der Waals surface area contributed by atoms with E-state index in [-0.39, 0.29) is 17.8 Å². The van der Waals surface area contributed by atoms with Gasteiger partial charge in [0.2, 0.25) is 0 Å². The van der Waals surface area contributed by atoms with Gasteiger partial charge in [-0.15, -0.1) is 0 Å². The summed E-state index contributed by atoms with van der Waals surface area (Å²) in [5.41, 5.74) is 5.17. The molecule has 1 atom stereocenters. The van der Waals surface area contributed by atoms with E-state index in [0.717, 1.165) is 37.3 Å². The Labute approximate surface area is 209 Å². The first-order valence-electron chi connectivity index (χ1n) is 12.7. The van der Waals surface area contributed by atoms with Crippen molar-refractivity contribution < 1.29 is 9.18 Å². The second kappa shape index (κ2) is 11.6. The fourth-order valence-electron chi connectivity index (χ4n) is 5.00. The zero-order valence-corrected chi connectivity index (χ0v) is 21.1. The highest BCUT2D eigenvalue weighted by atomic mass is 19.1. The smallest absolute Gasteiger partial charge is 0.253 e. The van der Waals surface area contributed by atoms with Crippen LogP contribution in [0.15, 0.2) is 72.8 Å². The summed E-state index contributed by atoms with van der Waals surface area (Å²) in [5.74, 6) is -0.0534. The van der Waals surface area contributed by atoms with Gasteiger partial charge in [-0.05, 0) is 50.1 Å². The lowest BCUT2D eigenvalue weighted by Gasteiger charge is -2.40. The van der Waals surface area contributed by atoms with Crippen molar-refractivity contribution in [3.63, 3.8) is 0 Å². The Balaban J connectivity index is 1.53. The lowest BCUT2D eigenvalue weighted by molar-refractivity contribution is 0.0773. The van der Waals surface area contributed by atoms with Gasteiger partial charge in [-0.25, -0.2) is 4.39 Å². The summed E-state index contributed by atoms with van der Waals surface area (Å²) in [4.78, 5) is 19.5. The fraction of sp³-hybridized carbons (Fsp3) is 0.367. The maximum atomic E-state index is 14.2. The van der Waals surface area contributed by atoms with E-state index < -0.39 is 0 Å². The molecule has 1 aliphatic rings. The number of halogens is 1. The largest absolute Gasteiger partial charge is 0.339 e. The molecule has 0 spiro atoms. The van der Waals surface area contributed by atoms with Crippen molar-refractivity contribution in [3.8, 4) is 0 Å². The van der Waals surface area contributed by atoms with Crippen LogP contribution in [0.2, 0.25) is 0 Å². The molecular formula is C30H36FN3O. The number of nitrogens with zero attached hydrogens (tertiary/aromatic N) is 3. The van der Waals surface area contributed by atoms with E-state index in [1.807, 2.05) is 43.0 Å². The summed E-state index contributed by atoms with van der Waals surface area (Å²) in [6.07, 6.45) is 0. The first kappa shape index (κ1) is 25.1. The minimum atomic E-state index is -0.132. The zero-order valence-electron chi connectivity index (χ0n) is 21.1. The molecular weight excluding hydrogens is 437 g/mol. The number of amides is 1. The average molecular weight is 474 g/mol. The molecule has 5 heteroatoms. The van der Waals surface area contributed by atoms with E-state index in [9.17, 15) is 9.18 Å². The van der Waals surface area contributed by atoms with Gasteiger partial charge in [0, 0.05) is 56.9 Å². The van der Waals surface area contributed by atoms with Gasteiger partial charge in [0.05, 0.1) is 6.04 Å². The van der Waals surface area contributed by atoms with Crippen molar-refractivity contribution in [1.82, 2.24) is 14.7 Å². The van der Waals surface area contributed by atoms with Crippen LogP contribution in [0.25, 0.3) is 0 Å². The molecule has 1 saturated heterocycles. The van der Waals surface area contributed by atoms with Gasteiger partial charge in [0.15, 0.2) is 0 Å². The molecule has 4 nitrogen and oxygen atoms in total. The molecule has 3 aromatic carbocycles. The lowest BCUT2D eigenvalue weighted by atomic mass is 9.94. The molecule has 3 aromatic rings. The zero-order chi connectivity index (χ0) is 24.8. The molecule has 0 N–H and O–H groups in total. The maximum Gasteiger partial charge on any atom is 0.253 e. The van der Waals surface area contributed by atoms with Gasteiger partial charge >= 0.3 is 0 Å². The minimum absolute atomic E-state index is 0.0791. The van der Waals surface area contributed by atoms with Crippen LogP contribution in [0.1, 0.15) is 52.5 Å². The highest BCUT2D eigenvalue weighted by Gasteiger charge is 2.27. The molecule has 0 radical (unpaired) electrons. The molecule has 0 aromatic heterocycles. The molecule has 184 valence electrons. The predicted octanol–water partition coefficient (Wildman–Crippen LogP) is 5.52. The van der Waals surface area contributed by atoms with Crippen LogP contribution in [0, 0.1) is 12.7 Å². The number of benzene rings is 3. The van der Waals surface area contributed by atoms with Crippen LogP contribution in [0.4, 0.5) is 4.39 Å². The predicted molar refractivity (Wildman–Crippen MR) is 140 cm³/mol. The molecule has 0 aliphatic carbocycles. The van der Waals surface area contributed by atoms with E-state index in [1.165, 1.54) is 22.8 Å². The third-order valence-corrected chi connectivity index (χ3v) is 7.01. The third-order valence-electron chi connectivity index (χ3n) is 7.01. The molecule has 1 heterocycles. The van der Waals surface area contributed by atoms with E-state index in [0.29, 0.717) is 19.6 Å². The van der Waals surface area contributed by atoms with Crippen LogP contribution >= 0.6 is 0 Å². The number of carbonyl (C=O) groups is 1. The molecule has 1 fully saturated rings. The summed E-state index contributed by atoms with van der Waals surface area (Å²) in [6, 6.07) is 24.0. The monoisotopic (exact) mass is 473 g/mol. The molecule has 0 unspecified atom stereocenters. The van der Waals surface area contributed by atoms with E-state index in [2.05, 4.69) is 53.1 Å². The van der Waals surface area contributed by atoms with Gasteiger partial charge in [-0.2, -0.15) is 0 Å². The SMILES string of the molecule is CCN(CC)C(=O)c1ccc([C@H](c2cccc(C)c2)N2CCN(Cc3ccccc3F)CC2)cc1. The van der Waals surface area contributed by atoms with Crippen LogP contribution in [0.5, 0.6) is 0 Å². The quantitative estimate of drug-likeness (QED) is 0.431. The number of rotatable bonds is 8. The highest BCUT2D eigenvalue weighted by Crippen LogP contribution is 2.31. The van der Waals surface area contributed by atoms with Crippen LogP contribution in [-0.4, -0.2) is 59.9 Å². The summed E-state index contributed by atoms with van der Waals surface area (Å²) in [6.45, 7) is 11.8. The van der Waals surface area contributed by atoms with E-state index in [1.54, 1.807) is 6.07 Å². The minimum Gasteiger partial charge on any atom is -0.339 e. The number of carbonyl (C=O) groups excluding carboxylic acids is 1.